The lowest BCUT2D eigenvalue weighted by Gasteiger charge is -2.28. The molecule has 1 unspecified atom stereocenters. The van der Waals surface area contributed by atoms with Crippen molar-refractivity contribution in [3.63, 3.8) is 0 Å². The molecule has 2 aromatic rings. The lowest BCUT2D eigenvalue weighted by Crippen LogP contribution is -2.45. The second-order valence-electron chi connectivity index (χ2n) is 6.79. The molecule has 0 bridgehead atoms. The van der Waals surface area contributed by atoms with Crippen LogP contribution in [0.4, 0.5) is 0 Å². The van der Waals surface area contributed by atoms with E-state index in [0.717, 1.165) is 18.0 Å². The van der Waals surface area contributed by atoms with Crippen molar-refractivity contribution in [1.82, 2.24) is 10.2 Å². The number of carbonyl (C=O) groups is 1. The van der Waals surface area contributed by atoms with Gasteiger partial charge in [0.05, 0.1) is 13.1 Å². The van der Waals surface area contributed by atoms with Gasteiger partial charge in [-0.1, -0.05) is 42.5 Å². The SMILES string of the molecule is CC(C)N(CC(=O)NCC1COc2ccccc2O1)Cc1ccccc1. The van der Waals surface area contributed by atoms with E-state index in [1.165, 1.54) is 5.56 Å². The predicted molar refractivity (Wildman–Crippen MR) is 101 cm³/mol. The van der Waals surface area contributed by atoms with Crippen molar-refractivity contribution in [3.8, 4) is 11.5 Å². The average Bonchev–Trinajstić information content (AvgIpc) is 2.66. The smallest absolute Gasteiger partial charge is 0.234 e. The fraction of sp³-hybridized carbons (Fsp3) is 0.381. The highest BCUT2D eigenvalue weighted by Crippen LogP contribution is 2.30. The number of para-hydroxylation sites is 2. The molecule has 0 spiro atoms. The average molecular weight is 354 g/mol. The Balaban J connectivity index is 1.48. The number of nitrogens with one attached hydrogen (secondary N) is 1. The van der Waals surface area contributed by atoms with E-state index < -0.39 is 0 Å². The lowest BCUT2D eigenvalue weighted by atomic mass is 10.2. The van der Waals surface area contributed by atoms with E-state index in [4.69, 9.17) is 9.47 Å². The topological polar surface area (TPSA) is 50.8 Å². The third-order valence-corrected chi connectivity index (χ3v) is 4.40. The molecule has 1 aliphatic rings. The fourth-order valence-electron chi connectivity index (χ4n) is 2.87. The van der Waals surface area contributed by atoms with Crippen molar-refractivity contribution in [2.45, 2.75) is 32.5 Å². The number of hydrogen-bond donors (Lipinski definition) is 1. The molecule has 1 heterocycles. The minimum absolute atomic E-state index is 0.00269. The summed E-state index contributed by atoms with van der Waals surface area (Å²) in [6, 6.07) is 18.1. The van der Waals surface area contributed by atoms with Gasteiger partial charge in [0.15, 0.2) is 11.5 Å². The van der Waals surface area contributed by atoms with Gasteiger partial charge in [-0.15, -0.1) is 0 Å². The Hall–Kier alpha value is -2.53. The summed E-state index contributed by atoms with van der Waals surface area (Å²) in [6.45, 7) is 6.19. The number of carbonyl (C=O) groups excluding carboxylic acids is 1. The van der Waals surface area contributed by atoms with Crippen molar-refractivity contribution < 1.29 is 14.3 Å². The summed E-state index contributed by atoms with van der Waals surface area (Å²) in [4.78, 5) is 14.5. The van der Waals surface area contributed by atoms with E-state index in [1.807, 2.05) is 42.5 Å². The van der Waals surface area contributed by atoms with Crippen LogP contribution in [0.25, 0.3) is 0 Å². The molecule has 26 heavy (non-hydrogen) atoms. The highest BCUT2D eigenvalue weighted by atomic mass is 16.6. The van der Waals surface area contributed by atoms with E-state index in [1.54, 1.807) is 0 Å². The van der Waals surface area contributed by atoms with Gasteiger partial charge in [0.25, 0.3) is 0 Å². The molecule has 138 valence electrons. The Morgan fingerprint density at radius 2 is 1.81 bits per heavy atom. The molecule has 0 aliphatic carbocycles. The molecule has 1 amide bonds. The molecule has 2 aromatic carbocycles. The monoisotopic (exact) mass is 354 g/mol. The minimum atomic E-state index is -0.171. The van der Waals surface area contributed by atoms with Crippen molar-refractivity contribution in [2.75, 3.05) is 19.7 Å². The van der Waals surface area contributed by atoms with Crippen LogP contribution in [-0.2, 0) is 11.3 Å². The van der Waals surface area contributed by atoms with Gasteiger partial charge in [0.2, 0.25) is 5.91 Å². The first-order valence-electron chi connectivity index (χ1n) is 9.05. The van der Waals surface area contributed by atoms with Gasteiger partial charge in [-0.25, -0.2) is 0 Å². The maximum atomic E-state index is 12.4. The molecule has 0 fully saturated rings. The summed E-state index contributed by atoms with van der Waals surface area (Å²) < 4.78 is 11.6. The molecular weight excluding hydrogens is 328 g/mol. The summed E-state index contributed by atoms with van der Waals surface area (Å²) in [5.41, 5.74) is 1.20. The number of rotatable bonds is 7. The Morgan fingerprint density at radius 3 is 2.54 bits per heavy atom. The maximum Gasteiger partial charge on any atom is 0.234 e. The highest BCUT2D eigenvalue weighted by molar-refractivity contribution is 5.78. The summed E-state index contributed by atoms with van der Waals surface area (Å²) in [7, 11) is 0. The Labute approximate surface area is 154 Å². The summed E-state index contributed by atoms with van der Waals surface area (Å²) in [5, 5.41) is 2.97. The molecule has 5 heteroatoms. The Morgan fingerprint density at radius 1 is 1.12 bits per heavy atom. The number of benzene rings is 2. The van der Waals surface area contributed by atoms with Crippen molar-refractivity contribution >= 4 is 5.91 Å². The van der Waals surface area contributed by atoms with E-state index >= 15 is 0 Å². The van der Waals surface area contributed by atoms with E-state index in [2.05, 4.69) is 36.2 Å². The molecule has 0 saturated heterocycles. The van der Waals surface area contributed by atoms with Gasteiger partial charge >= 0.3 is 0 Å². The standard InChI is InChI=1S/C21H26N2O3/c1-16(2)23(13-17-8-4-3-5-9-17)14-21(24)22-12-18-15-25-19-10-6-7-11-20(19)26-18/h3-11,16,18H,12-15H2,1-2H3,(H,22,24). The molecule has 0 saturated carbocycles. The molecule has 1 aliphatic heterocycles. The number of nitrogens with zero attached hydrogens (tertiary/aromatic N) is 1. The fourth-order valence-corrected chi connectivity index (χ4v) is 2.87. The zero-order chi connectivity index (χ0) is 18.4. The number of fused-ring (bicyclic) bond motifs is 1. The third kappa shape index (κ3) is 4.99. The van der Waals surface area contributed by atoms with Crippen LogP contribution in [-0.4, -0.2) is 42.6 Å². The second kappa shape index (κ2) is 8.72. The quantitative estimate of drug-likeness (QED) is 0.831. The molecular formula is C21H26N2O3. The molecule has 0 radical (unpaired) electrons. The van der Waals surface area contributed by atoms with Gasteiger partial charge in [-0.05, 0) is 31.5 Å². The molecule has 3 rings (SSSR count). The summed E-state index contributed by atoms with van der Waals surface area (Å²) >= 11 is 0. The van der Waals surface area contributed by atoms with Crippen LogP contribution in [0.2, 0.25) is 0 Å². The number of amides is 1. The lowest BCUT2D eigenvalue weighted by molar-refractivity contribution is -0.123. The largest absolute Gasteiger partial charge is 0.486 e. The van der Waals surface area contributed by atoms with Crippen LogP contribution in [0.5, 0.6) is 11.5 Å². The van der Waals surface area contributed by atoms with Crippen LogP contribution in [0.1, 0.15) is 19.4 Å². The number of hydrogen-bond acceptors (Lipinski definition) is 4. The van der Waals surface area contributed by atoms with Gasteiger partial charge in [-0.2, -0.15) is 0 Å². The predicted octanol–water partition coefficient (Wildman–Crippen LogP) is 2.85. The van der Waals surface area contributed by atoms with E-state index in [-0.39, 0.29) is 18.1 Å². The van der Waals surface area contributed by atoms with Gasteiger partial charge in [-0.3, -0.25) is 9.69 Å². The number of ether oxygens (including phenoxy) is 2. The summed E-state index contributed by atoms with van der Waals surface area (Å²) in [5.74, 6) is 1.48. The molecule has 1 atom stereocenters. The van der Waals surface area contributed by atoms with Crippen LogP contribution in [0.3, 0.4) is 0 Å². The highest BCUT2D eigenvalue weighted by Gasteiger charge is 2.22. The molecule has 5 nitrogen and oxygen atoms in total. The summed E-state index contributed by atoms with van der Waals surface area (Å²) in [6.07, 6.45) is -0.171. The van der Waals surface area contributed by atoms with Gasteiger partial charge in [0.1, 0.15) is 12.7 Å². The first-order chi connectivity index (χ1) is 12.6. The zero-order valence-corrected chi connectivity index (χ0v) is 15.4. The molecule has 1 N–H and O–H groups in total. The van der Waals surface area contributed by atoms with Crippen molar-refractivity contribution in [3.05, 3.63) is 60.2 Å². The minimum Gasteiger partial charge on any atom is -0.486 e. The van der Waals surface area contributed by atoms with Crippen LogP contribution >= 0.6 is 0 Å². The van der Waals surface area contributed by atoms with Crippen LogP contribution in [0, 0.1) is 0 Å². The van der Waals surface area contributed by atoms with Crippen LogP contribution in [0.15, 0.2) is 54.6 Å². The van der Waals surface area contributed by atoms with E-state index in [0.29, 0.717) is 19.7 Å². The maximum absolute atomic E-state index is 12.4. The van der Waals surface area contributed by atoms with E-state index in [9.17, 15) is 4.79 Å². The van der Waals surface area contributed by atoms with Crippen LogP contribution < -0.4 is 14.8 Å². The second-order valence-corrected chi connectivity index (χ2v) is 6.79. The van der Waals surface area contributed by atoms with Crippen molar-refractivity contribution in [2.24, 2.45) is 0 Å². The first-order valence-corrected chi connectivity index (χ1v) is 9.05. The first kappa shape index (κ1) is 18.3. The molecule has 0 aromatic heterocycles. The Bertz CT molecular complexity index is 718. The Kier molecular flexibility index (Phi) is 6.12. The zero-order valence-electron chi connectivity index (χ0n) is 15.4. The van der Waals surface area contributed by atoms with Gasteiger partial charge < -0.3 is 14.8 Å². The third-order valence-electron chi connectivity index (χ3n) is 4.40. The van der Waals surface area contributed by atoms with Gasteiger partial charge in [0, 0.05) is 12.6 Å². The van der Waals surface area contributed by atoms with Crippen molar-refractivity contribution in [1.29, 1.82) is 0 Å². The normalized spacial score (nSPS) is 15.9.